The van der Waals surface area contributed by atoms with E-state index in [9.17, 15) is 9.50 Å². The molecule has 5 aliphatic rings. The molecule has 48 heavy (non-hydrogen) atoms. The van der Waals surface area contributed by atoms with Crippen molar-refractivity contribution in [3.05, 3.63) is 47.5 Å². The first-order valence-electron chi connectivity index (χ1n) is 17.0. The summed E-state index contributed by atoms with van der Waals surface area (Å²) in [6.07, 6.45) is 3.62. The van der Waals surface area contributed by atoms with Gasteiger partial charge in [0.2, 0.25) is 0 Å². The van der Waals surface area contributed by atoms with Gasteiger partial charge in [-0.3, -0.25) is 4.90 Å². The number of aromatic nitrogens is 2. The molecule has 2 unspecified atom stereocenters. The van der Waals surface area contributed by atoms with Crippen LogP contribution in [0, 0.1) is 11.6 Å². The number of methoxy groups -OCH3 is 1. The molecule has 0 radical (unpaired) electrons. The Morgan fingerprint density at radius 1 is 1.12 bits per heavy atom. The highest BCUT2D eigenvalue weighted by Gasteiger charge is 2.50. The van der Waals surface area contributed by atoms with Crippen LogP contribution in [0.1, 0.15) is 37.7 Å². The lowest BCUT2D eigenvalue weighted by Crippen LogP contribution is -2.60. The molecule has 3 aromatic carbocycles. The number of anilines is 1. The summed E-state index contributed by atoms with van der Waals surface area (Å²) in [7, 11) is 1.60. The van der Waals surface area contributed by atoms with E-state index in [1.807, 2.05) is 12.1 Å². The number of halogens is 3. The van der Waals surface area contributed by atoms with E-state index in [-0.39, 0.29) is 70.9 Å². The number of hydrogen-bond acceptors (Lipinski definition) is 9. The van der Waals surface area contributed by atoms with Crippen LogP contribution in [0.2, 0.25) is 0 Å². The van der Waals surface area contributed by atoms with Crippen molar-refractivity contribution in [3.63, 3.8) is 0 Å². The Morgan fingerprint density at radius 2 is 2.02 bits per heavy atom. The Bertz CT molecular complexity index is 1950. The van der Waals surface area contributed by atoms with E-state index in [0.717, 1.165) is 37.8 Å². The smallest absolute Gasteiger partial charge is 0.319 e. The van der Waals surface area contributed by atoms with Crippen LogP contribution in [0.5, 0.6) is 17.5 Å². The zero-order valence-corrected chi connectivity index (χ0v) is 26.8. The zero-order chi connectivity index (χ0) is 32.7. The third-order valence-corrected chi connectivity index (χ3v) is 11.3. The summed E-state index contributed by atoms with van der Waals surface area (Å²) < 4.78 is 66.8. The van der Waals surface area contributed by atoms with E-state index in [1.165, 1.54) is 6.07 Å². The van der Waals surface area contributed by atoms with Crippen LogP contribution in [0.25, 0.3) is 32.8 Å². The fraction of sp³-hybridized carbons (Fsp3) is 0.500. The summed E-state index contributed by atoms with van der Waals surface area (Å²) in [5.74, 6) is -1.62. The minimum Gasteiger partial charge on any atom is -0.508 e. The number of phenols is 1. The maximum atomic E-state index is 17.3. The molecule has 12 heteroatoms. The topological polar surface area (TPSA) is 92.2 Å². The molecule has 4 aromatic rings. The maximum Gasteiger partial charge on any atom is 0.319 e. The molecule has 252 valence electrons. The Balaban J connectivity index is 1.25. The number of ether oxygens (including phenoxy) is 3. The molecule has 5 atom stereocenters. The quantitative estimate of drug-likeness (QED) is 0.275. The van der Waals surface area contributed by atoms with E-state index in [0.29, 0.717) is 49.1 Å². The fourth-order valence-corrected chi connectivity index (χ4v) is 9.14. The van der Waals surface area contributed by atoms with Crippen molar-refractivity contribution < 1.29 is 32.5 Å². The van der Waals surface area contributed by atoms with E-state index < -0.39 is 23.3 Å². The summed E-state index contributed by atoms with van der Waals surface area (Å²) in [5.41, 5.74) is 0.107. The van der Waals surface area contributed by atoms with Crippen molar-refractivity contribution in [3.8, 4) is 28.6 Å². The average Bonchev–Trinajstić information content (AvgIpc) is 3.70. The molecule has 2 bridgehead atoms. The van der Waals surface area contributed by atoms with Gasteiger partial charge in [0.25, 0.3) is 0 Å². The number of hydrogen-bond donors (Lipinski definition) is 2. The van der Waals surface area contributed by atoms with E-state index in [2.05, 4.69) is 20.1 Å². The standard InChI is InChI=1S/C36H38F3N5O4/c1-46-11-8-19-4-2-5-20-12-23(45)13-24(27(19)20)28-30(38)32-29-33(31(28)39)47-17-26-25-7-6-22(40-25)16-44(26)34(29)42-35(41-32)48-18-36-9-3-10-43(36)15-21(37)14-36/h2,4-5,12-13,21-22,25-26,40,45H,3,6-11,14-18H2,1H3/t21-,22?,25?,26+,36+/m1/s1. The summed E-state index contributed by atoms with van der Waals surface area (Å²) >= 11 is 0. The molecule has 1 aromatic heterocycles. The van der Waals surface area contributed by atoms with Crippen LogP contribution in [-0.4, -0.2) is 96.4 Å². The number of alkyl halides is 1. The van der Waals surface area contributed by atoms with Crippen LogP contribution in [0.4, 0.5) is 19.0 Å². The molecule has 0 amide bonds. The number of benzene rings is 3. The van der Waals surface area contributed by atoms with Gasteiger partial charge in [-0.2, -0.15) is 9.97 Å². The third-order valence-electron chi connectivity index (χ3n) is 11.3. The molecule has 6 heterocycles. The second kappa shape index (κ2) is 11.3. The van der Waals surface area contributed by atoms with Gasteiger partial charge >= 0.3 is 6.01 Å². The van der Waals surface area contributed by atoms with Crippen molar-refractivity contribution in [1.29, 1.82) is 0 Å². The second-order valence-corrected chi connectivity index (χ2v) is 14.1. The third kappa shape index (κ3) is 4.63. The Morgan fingerprint density at radius 3 is 2.90 bits per heavy atom. The number of piperazine rings is 1. The first kappa shape index (κ1) is 30.2. The van der Waals surface area contributed by atoms with Gasteiger partial charge in [-0.15, -0.1) is 0 Å². The Kier molecular flexibility index (Phi) is 7.14. The second-order valence-electron chi connectivity index (χ2n) is 14.1. The fourth-order valence-electron chi connectivity index (χ4n) is 9.14. The molecule has 0 saturated carbocycles. The molecule has 4 saturated heterocycles. The van der Waals surface area contributed by atoms with Crippen LogP contribution in [-0.2, 0) is 11.2 Å². The van der Waals surface area contributed by atoms with E-state index in [1.54, 1.807) is 19.2 Å². The number of rotatable bonds is 7. The van der Waals surface area contributed by atoms with E-state index >= 15 is 8.78 Å². The summed E-state index contributed by atoms with van der Waals surface area (Å²) in [4.78, 5) is 13.7. The normalized spacial score (nSPS) is 27.7. The van der Waals surface area contributed by atoms with Gasteiger partial charge in [0, 0.05) is 38.7 Å². The highest BCUT2D eigenvalue weighted by Crippen LogP contribution is 2.49. The largest absolute Gasteiger partial charge is 0.508 e. The molecular formula is C36H38F3N5O4. The molecule has 9 nitrogen and oxygen atoms in total. The number of nitrogens with one attached hydrogen (secondary N) is 1. The molecule has 5 aliphatic heterocycles. The Labute approximate surface area is 276 Å². The Hall–Kier alpha value is -3.87. The van der Waals surface area contributed by atoms with Crippen molar-refractivity contribution in [2.75, 3.05) is 51.5 Å². The predicted molar refractivity (Wildman–Crippen MR) is 175 cm³/mol. The lowest BCUT2D eigenvalue weighted by Gasteiger charge is -2.40. The van der Waals surface area contributed by atoms with Crippen molar-refractivity contribution in [2.45, 2.75) is 68.4 Å². The lowest BCUT2D eigenvalue weighted by molar-refractivity contribution is 0.107. The molecule has 9 rings (SSSR count). The van der Waals surface area contributed by atoms with Crippen LogP contribution >= 0.6 is 0 Å². The predicted octanol–water partition coefficient (Wildman–Crippen LogP) is 5.28. The van der Waals surface area contributed by atoms with Crippen molar-refractivity contribution >= 4 is 27.5 Å². The molecule has 4 fully saturated rings. The lowest BCUT2D eigenvalue weighted by atomic mass is 9.91. The number of phenolic OH excluding ortho intramolecular Hbond substituents is 1. The summed E-state index contributed by atoms with van der Waals surface area (Å²) in [6.45, 7) is 2.53. The van der Waals surface area contributed by atoms with Crippen LogP contribution in [0.3, 0.4) is 0 Å². The summed E-state index contributed by atoms with van der Waals surface area (Å²) in [5, 5.41) is 15.8. The molecule has 0 aliphatic carbocycles. The number of fused-ring (bicyclic) bond motifs is 7. The minimum absolute atomic E-state index is 0.0310. The van der Waals surface area contributed by atoms with Crippen molar-refractivity contribution in [2.24, 2.45) is 0 Å². The average molecular weight is 662 g/mol. The first-order valence-corrected chi connectivity index (χ1v) is 17.0. The zero-order valence-electron chi connectivity index (χ0n) is 26.8. The molecule has 2 N–H and O–H groups in total. The van der Waals surface area contributed by atoms with E-state index in [4.69, 9.17) is 19.2 Å². The molecular weight excluding hydrogens is 623 g/mol. The monoisotopic (exact) mass is 661 g/mol. The van der Waals surface area contributed by atoms with Gasteiger partial charge in [0.1, 0.15) is 36.5 Å². The van der Waals surface area contributed by atoms with Gasteiger partial charge in [-0.05, 0) is 72.7 Å². The minimum atomic E-state index is -0.929. The number of nitrogens with zero attached hydrogens (tertiary/aromatic N) is 4. The van der Waals surface area contributed by atoms with Crippen molar-refractivity contribution in [1.82, 2.24) is 20.2 Å². The van der Waals surface area contributed by atoms with Crippen LogP contribution < -0.4 is 19.7 Å². The maximum absolute atomic E-state index is 17.3. The van der Waals surface area contributed by atoms with Crippen LogP contribution in [0.15, 0.2) is 30.3 Å². The summed E-state index contributed by atoms with van der Waals surface area (Å²) in [6, 6.07) is 8.65. The highest BCUT2D eigenvalue weighted by molar-refractivity contribution is 6.05. The van der Waals surface area contributed by atoms with Gasteiger partial charge in [0.05, 0.1) is 29.1 Å². The van der Waals surface area contributed by atoms with Gasteiger partial charge in [-0.25, -0.2) is 13.2 Å². The highest BCUT2D eigenvalue weighted by atomic mass is 19.1. The van der Waals surface area contributed by atoms with Gasteiger partial charge in [-0.1, -0.05) is 18.2 Å². The van der Waals surface area contributed by atoms with Gasteiger partial charge < -0.3 is 29.5 Å². The van der Waals surface area contributed by atoms with Gasteiger partial charge in [0.15, 0.2) is 17.4 Å². The first-order chi connectivity index (χ1) is 23.3. The molecule has 0 spiro atoms. The number of aromatic hydroxyl groups is 1. The SMILES string of the molecule is COCCc1cccc2cc(O)cc(-c3c(F)c4c5c(nc(OC[C@@]67CCCN6C[C@H](F)C7)nc5c3F)N3CC5CCC(N5)[C@@H]3CO4)c12.